The molecule has 0 aliphatic carbocycles. The van der Waals surface area contributed by atoms with E-state index in [2.05, 4.69) is 9.97 Å². The predicted molar refractivity (Wildman–Crippen MR) is 65.0 cm³/mol. The van der Waals surface area contributed by atoms with Gasteiger partial charge in [0, 0.05) is 5.56 Å². The van der Waals surface area contributed by atoms with Gasteiger partial charge in [-0.05, 0) is 0 Å². The Bertz CT molecular complexity index is 533. The summed E-state index contributed by atoms with van der Waals surface area (Å²) < 4.78 is 10.2. The van der Waals surface area contributed by atoms with Crippen molar-refractivity contribution < 1.29 is 14.3 Å². The number of carbonyl (C=O) groups excluding carboxylic acids is 1. The molecule has 0 bridgehead atoms. The van der Waals surface area contributed by atoms with Gasteiger partial charge >= 0.3 is 0 Å². The van der Waals surface area contributed by atoms with E-state index >= 15 is 0 Å². The standard InChI is InChI=1S/C13H12N2O3/c1-17-12-10(13(18-2)15-8-14-12)11(16)9-6-4-3-5-7-9/h3-8H,1-2H3. The molecule has 92 valence electrons. The fraction of sp³-hybridized carbons (Fsp3) is 0.154. The van der Waals surface area contributed by atoms with E-state index in [1.807, 2.05) is 6.07 Å². The van der Waals surface area contributed by atoms with Crippen molar-refractivity contribution in [2.75, 3.05) is 14.2 Å². The van der Waals surface area contributed by atoms with Gasteiger partial charge in [0.25, 0.3) is 0 Å². The molecule has 2 rings (SSSR count). The number of aromatic nitrogens is 2. The molecule has 1 aromatic carbocycles. The van der Waals surface area contributed by atoms with Crippen LogP contribution in [0.5, 0.6) is 11.8 Å². The molecule has 0 atom stereocenters. The molecular formula is C13H12N2O3. The average Bonchev–Trinajstić information content (AvgIpc) is 2.46. The first-order chi connectivity index (χ1) is 8.77. The second kappa shape index (κ2) is 5.27. The van der Waals surface area contributed by atoms with Crippen LogP contribution < -0.4 is 9.47 Å². The first-order valence-corrected chi connectivity index (χ1v) is 5.30. The maximum atomic E-state index is 12.4. The maximum Gasteiger partial charge on any atom is 0.231 e. The van der Waals surface area contributed by atoms with Gasteiger partial charge in [-0.15, -0.1) is 0 Å². The average molecular weight is 244 g/mol. The number of rotatable bonds is 4. The van der Waals surface area contributed by atoms with Crippen LogP contribution in [0.4, 0.5) is 0 Å². The highest BCUT2D eigenvalue weighted by Crippen LogP contribution is 2.26. The van der Waals surface area contributed by atoms with E-state index in [0.29, 0.717) is 5.56 Å². The normalized spacial score (nSPS) is 9.89. The van der Waals surface area contributed by atoms with Gasteiger partial charge in [-0.25, -0.2) is 9.97 Å². The van der Waals surface area contributed by atoms with Crippen LogP contribution in [-0.2, 0) is 0 Å². The molecule has 1 heterocycles. The molecule has 0 aliphatic heterocycles. The number of hydrogen-bond donors (Lipinski definition) is 0. The van der Waals surface area contributed by atoms with Gasteiger partial charge in [-0.2, -0.15) is 0 Å². The van der Waals surface area contributed by atoms with Crippen molar-refractivity contribution in [2.45, 2.75) is 0 Å². The monoisotopic (exact) mass is 244 g/mol. The zero-order valence-corrected chi connectivity index (χ0v) is 10.1. The lowest BCUT2D eigenvalue weighted by Crippen LogP contribution is -2.09. The van der Waals surface area contributed by atoms with Gasteiger partial charge in [0.15, 0.2) is 0 Å². The molecule has 0 spiro atoms. The fourth-order valence-corrected chi connectivity index (χ4v) is 1.59. The van der Waals surface area contributed by atoms with Crippen LogP contribution in [0, 0.1) is 0 Å². The molecule has 18 heavy (non-hydrogen) atoms. The minimum absolute atomic E-state index is 0.204. The van der Waals surface area contributed by atoms with E-state index in [1.54, 1.807) is 24.3 Å². The van der Waals surface area contributed by atoms with Crippen LogP contribution in [0.1, 0.15) is 15.9 Å². The number of carbonyl (C=O) groups is 1. The number of ether oxygens (including phenoxy) is 2. The SMILES string of the molecule is COc1ncnc(OC)c1C(=O)c1ccccc1. The molecular weight excluding hydrogens is 232 g/mol. The topological polar surface area (TPSA) is 61.3 Å². The molecule has 1 aromatic heterocycles. The van der Waals surface area contributed by atoms with Gasteiger partial charge in [0.1, 0.15) is 11.9 Å². The number of methoxy groups -OCH3 is 2. The molecule has 0 saturated carbocycles. The van der Waals surface area contributed by atoms with Gasteiger partial charge < -0.3 is 9.47 Å². The zero-order valence-electron chi connectivity index (χ0n) is 10.1. The molecule has 0 N–H and O–H groups in total. The van der Waals surface area contributed by atoms with Gasteiger partial charge in [0.05, 0.1) is 14.2 Å². The molecule has 0 amide bonds. The third kappa shape index (κ3) is 2.15. The summed E-state index contributed by atoms with van der Waals surface area (Å²) in [6, 6.07) is 8.85. The quantitative estimate of drug-likeness (QED) is 0.766. The minimum atomic E-state index is -0.232. The lowest BCUT2D eigenvalue weighted by atomic mass is 10.1. The third-order valence-electron chi connectivity index (χ3n) is 2.43. The summed E-state index contributed by atoms with van der Waals surface area (Å²) in [5.41, 5.74) is 0.762. The maximum absolute atomic E-state index is 12.4. The Balaban J connectivity index is 2.53. The first kappa shape index (κ1) is 12.0. The van der Waals surface area contributed by atoms with E-state index in [4.69, 9.17) is 9.47 Å². The molecule has 0 aliphatic rings. The Hall–Kier alpha value is -2.43. The molecule has 5 heteroatoms. The van der Waals surface area contributed by atoms with Crippen molar-refractivity contribution in [1.29, 1.82) is 0 Å². The van der Waals surface area contributed by atoms with E-state index in [9.17, 15) is 4.79 Å². The number of nitrogens with zero attached hydrogens (tertiary/aromatic N) is 2. The summed E-state index contributed by atoms with van der Waals surface area (Å²) in [5.74, 6) is 0.177. The second-order valence-electron chi connectivity index (χ2n) is 3.46. The van der Waals surface area contributed by atoms with E-state index in [0.717, 1.165) is 0 Å². The molecule has 5 nitrogen and oxygen atoms in total. The van der Waals surface area contributed by atoms with Gasteiger partial charge in [0.2, 0.25) is 17.5 Å². The lowest BCUT2D eigenvalue weighted by molar-refractivity contribution is 0.103. The summed E-state index contributed by atoms with van der Waals surface area (Å²) in [7, 11) is 2.90. The highest BCUT2D eigenvalue weighted by Gasteiger charge is 2.21. The summed E-state index contributed by atoms with van der Waals surface area (Å²) in [5, 5.41) is 0. The molecule has 0 fully saturated rings. The molecule has 0 saturated heterocycles. The van der Waals surface area contributed by atoms with Crippen LogP contribution in [0.2, 0.25) is 0 Å². The summed E-state index contributed by atoms with van der Waals surface area (Å²) in [4.78, 5) is 20.2. The van der Waals surface area contributed by atoms with Crippen molar-refractivity contribution in [3.05, 3.63) is 47.8 Å². The largest absolute Gasteiger partial charge is 0.480 e. The Labute approximate surface area is 104 Å². The predicted octanol–water partition coefficient (Wildman–Crippen LogP) is 1.72. The van der Waals surface area contributed by atoms with Crippen molar-refractivity contribution >= 4 is 5.78 Å². The van der Waals surface area contributed by atoms with Crippen LogP contribution in [0.25, 0.3) is 0 Å². The van der Waals surface area contributed by atoms with Crippen LogP contribution in [0.3, 0.4) is 0 Å². The molecule has 0 unspecified atom stereocenters. The van der Waals surface area contributed by atoms with Crippen molar-refractivity contribution in [1.82, 2.24) is 9.97 Å². The summed E-state index contributed by atoms with van der Waals surface area (Å²) in [6.45, 7) is 0. The first-order valence-electron chi connectivity index (χ1n) is 5.30. The van der Waals surface area contributed by atoms with E-state index < -0.39 is 0 Å². The fourth-order valence-electron chi connectivity index (χ4n) is 1.59. The zero-order chi connectivity index (χ0) is 13.0. The number of ketones is 1. The van der Waals surface area contributed by atoms with E-state index in [1.165, 1.54) is 20.5 Å². The van der Waals surface area contributed by atoms with Gasteiger partial charge in [-0.3, -0.25) is 4.79 Å². The molecule has 0 radical (unpaired) electrons. The Morgan fingerprint density at radius 1 is 1.00 bits per heavy atom. The number of benzene rings is 1. The minimum Gasteiger partial charge on any atom is -0.480 e. The van der Waals surface area contributed by atoms with Crippen molar-refractivity contribution in [3.63, 3.8) is 0 Å². The second-order valence-corrected chi connectivity index (χ2v) is 3.46. The Morgan fingerprint density at radius 3 is 2.06 bits per heavy atom. The highest BCUT2D eigenvalue weighted by atomic mass is 16.5. The van der Waals surface area contributed by atoms with Gasteiger partial charge in [-0.1, -0.05) is 30.3 Å². The summed E-state index contributed by atoms with van der Waals surface area (Å²) >= 11 is 0. The summed E-state index contributed by atoms with van der Waals surface area (Å²) in [6.07, 6.45) is 1.29. The Kier molecular flexibility index (Phi) is 3.52. The smallest absolute Gasteiger partial charge is 0.231 e. The van der Waals surface area contributed by atoms with Crippen molar-refractivity contribution in [3.8, 4) is 11.8 Å². The highest BCUT2D eigenvalue weighted by molar-refractivity contribution is 6.11. The Morgan fingerprint density at radius 2 is 1.56 bits per heavy atom. The van der Waals surface area contributed by atoms with Crippen molar-refractivity contribution in [2.24, 2.45) is 0 Å². The number of hydrogen-bond acceptors (Lipinski definition) is 5. The van der Waals surface area contributed by atoms with E-state index in [-0.39, 0.29) is 23.1 Å². The van der Waals surface area contributed by atoms with Crippen LogP contribution in [0.15, 0.2) is 36.7 Å². The van der Waals surface area contributed by atoms with Crippen LogP contribution >= 0.6 is 0 Å². The lowest BCUT2D eigenvalue weighted by Gasteiger charge is -2.09. The third-order valence-corrected chi connectivity index (χ3v) is 2.43. The van der Waals surface area contributed by atoms with Crippen LogP contribution in [-0.4, -0.2) is 30.0 Å². The molecule has 2 aromatic rings.